The zero-order valence-electron chi connectivity index (χ0n) is 12.8. The van der Waals surface area contributed by atoms with E-state index in [1.165, 1.54) is 11.3 Å². The molecule has 0 aliphatic rings. The molecule has 0 aliphatic carbocycles. The molecule has 0 saturated heterocycles. The Bertz CT molecular complexity index is 570. The van der Waals surface area contributed by atoms with Crippen LogP contribution in [-0.2, 0) is 26.9 Å². The predicted octanol–water partition coefficient (Wildman–Crippen LogP) is 1.70. The van der Waals surface area contributed by atoms with E-state index in [-0.39, 0.29) is 6.10 Å². The highest BCUT2D eigenvalue weighted by molar-refractivity contribution is 5.24. The lowest BCUT2D eigenvalue weighted by Crippen LogP contribution is -2.11. The second-order valence-electron chi connectivity index (χ2n) is 5.45. The molecule has 2 heterocycles. The molecule has 0 amide bonds. The van der Waals surface area contributed by atoms with Gasteiger partial charge in [-0.1, -0.05) is 0 Å². The number of aromatic nitrogens is 4. The van der Waals surface area contributed by atoms with E-state index in [9.17, 15) is 5.11 Å². The molecule has 2 aromatic rings. The predicted molar refractivity (Wildman–Crippen MR) is 78.5 cm³/mol. The number of aryl methyl sites for hydroxylation is 4. The third kappa shape index (κ3) is 3.28. The van der Waals surface area contributed by atoms with E-state index in [1.807, 2.05) is 36.4 Å². The van der Waals surface area contributed by atoms with Gasteiger partial charge >= 0.3 is 0 Å². The van der Waals surface area contributed by atoms with Crippen LogP contribution in [0.15, 0.2) is 12.3 Å². The van der Waals surface area contributed by atoms with Crippen LogP contribution in [0.3, 0.4) is 0 Å². The van der Waals surface area contributed by atoms with Gasteiger partial charge in [0.25, 0.3) is 0 Å². The molecule has 1 unspecified atom stereocenters. The molecule has 1 N–H and O–H groups in total. The lowest BCUT2D eigenvalue weighted by Gasteiger charge is -2.11. The number of hydrogen-bond donors (Lipinski definition) is 1. The molecule has 0 aliphatic heterocycles. The number of aliphatic hydroxyl groups excluding tert-OH is 1. The van der Waals surface area contributed by atoms with E-state index in [2.05, 4.69) is 17.1 Å². The molecule has 110 valence electrons. The molecular formula is C15H24N4O. The Morgan fingerprint density at radius 3 is 2.40 bits per heavy atom. The summed E-state index contributed by atoms with van der Waals surface area (Å²) in [7, 11) is 3.90. The van der Waals surface area contributed by atoms with Crippen molar-refractivity contribution in [1.82, 2.24) is 19.6 Å². The minimum Gasteiger partial charge on any atom is -0.393 e. The lowest BCUT2D eigenvalue weighted by atomic mass is 10.0. The Morgan fingerprint density at radius 1 is 1.15 bits per heavy atom. The average Bonchev–Trinajstić information content (AvgIpc) is 2.91. The summed E-state index contributed by atoms with van der Waals surface area (Å²) in [5.74, 6) is 0. The first-order valence-electron chi connectivity index (χ1n) is 7.13. The largest absolute Gasteiger partial charge is 0.393 e. The summed E-state index contributed by atoms with van der Waals surface area (Å²) in [6.07, 6.45) is 4.83. The van der Waals surface area contributed by atoms with Crippen LogP contribution in [0.5, 0.6) is 0 Å². The monoisotopic (exact) mass is 276 g/mol. The Balaban J connectivity index is 1.83. The summed E-state index contributed by atoms with van der Waals surface area (Å²) >= 11 is 0. The molecule has 0 fully saturated rings. The van der Waals surface area contributed by atoms with E-state index in [0.29, 0.717) is 0 Å². The van der Waals surface area contributed by atoms with Gasteiger partial charge in [-0.05, 0) is 51.2 Å². The number of rotatable bonds is 6. The summed E-state index contributed by atoms with van der Waals surface area (Å²) in [6, 6.07) is 2.00. The second kappa shape index (κ2) is 6.22. The number of hydrogen-bond acceptors (Lipinski definition) is 3. The van der Waals surface area contributed by atoms with Gasteiger partial charge < -0.3 is 5.11 Å². The molecule has 0 bridgehead atoms. The van der Waals surface area contributed by atoms with Crippen LogP contribution in [0.25, 0.3) is 0 Å². The molecule has 20 heavy (non-hydrogen) atoms. The Hall–Kier alpha value is -1.62. The first-order chi connectivity index (χ1) is 9.49. The van der Waals surface area contributed by atoms with Gasteiger partial charge in [0.05, 0.1) is 11.8 Å². The number of aliphatic hydroxyl groups is 1. The van der Waals surface area contributed by atoms with E-state index in [4.69, 9.17) is 0 Å². The molecule has 0 radical (unpaired) electrons. The molecular weight excluding hydrogens is 252 g/mol. The standard InChI is InChI=1S/C15H24N4O/c1-11-15(12(2)18(3)17-11)8-7-14(20)6-5-13-9-10-16-19(13)4/h9-10,14,20H,5-8H2,1-4H3. The van der Waals surface area contributed by atoms with Crippen LogP contribution in [0.1, 0.15) is 35.5 Å². The van der Waals surface area contributed by atoms with Gasteiger partial charge in [-0.25, -0.2) is 0 Å². The van der Waals surface area contributed by atoms with E-state index >= 15 is 0 Å². The highest BCUT2D eigenvalue weighted by atomic mass is 16.3. The molecule has 1 atom stereocenters. The normalized spacial score (nSPS) is 12.8. The molecule has 2 rings (SSSR count). The third-order valence-electron chi connectivity index (χ3n) is 4.04. The minimum atomic E-state index is -0.274. The summed E-state index contributed by atoms with van der Waals surface area (Å²) in [5.41, 5.74) is 4.70. The highest BCUT2D eigenvalue weighted by Gasteiger charge is 2.12. The second-order valence-corrected chi connectivity index (χ2v) is 5.45. The summed E-state index contributed by atoms with van der Waals surface area (Å²) in [4.78, 5) is 0. The van der Waals surface area contributed by atoms with Crippen molar-refractivity contribution in [1.29, 1.82) is 0 Å². The summed E-state index contributed by atoms with van der Waals surface area (Å²) in [5, 5.41) is 18.7. The lowest BCUT2D eigenvalue weighted by molar-refractivity contribution is 0.154. The topological polar surface area (TPSA) is 55.9 Å². The Labute approximate surface area is 120 Å². The van der Waals surface area contributed by atoms with Crippen LogP contribution in [0, 0.1) is 13.8 Å². The highest BCUT2D eigenvalue weighted by Crippen LogP contribution is 2.16. The van der Waals surface area contributed by atoms with E-state index in [0.717, 1.165) is 37.1 Å². The Kier molecular flexibility index (Phi) is 4.60. The van der Waals surface area contributed by atoms with Gasteiger partial charge in [0, 0.05) is 31.7 Å². The maximum atomic E-state index is 10.1. The van der Waals surface area contributed by atoms with Gasteiger partial charge in [0.2, 0.25) is 0 Å². The van der Waals surface area contributed by atoms with Crippen molar-refractivity contribution in [3.63, 3.8) is 0 Å². The fourth-order valence-corrected chi connectivity index (χ4v) is 2.60. The fraction of sp³-hybridized carbons (Fsp3) is 0.600. The third-order valence-corrected chi connectivity index (χ3v) is 4.04. The summed E-state index contributed by atoms with van der Waals surface area (Å²) < 4.78 is 3.77. The maximum absolute atomic E-state index is 10.1. The van der Waals surface area contributed by atoms with Crippen molar-refractivity contribution in [3.05, 3.63) is 34.9 Å². The molecule has 5 nitrogen and oxygen atoms in total. The van der Waals surface area contributed by atoms with Crippen LogP contribution in [0.4, 0.5) is 0 Å². The first-order valence-corrected chi connectivity index (χ1v) is 7.13. The summed E-state index contributed by atoms with van der Waals surface area (Å²) in [6.45, 7) is 4.11. The van der Waals surface area contributed by atoms with E-state index in [1.54, 1.807) is 6.20 Å². The average molecular weight is 276 g/mol. The molecule has 0 aromatic carbocycles. The molecule has 5 heteroatoms. The van der Waals surface area contributed by atoms with Gasteiger partial charge in [-0.2, -0.15) is 10.2 Å². The molecule has 0 spiro atoms. The van der Waals surface area contributed by atoms with Crippen molar-refractivity contribution in [2.75, 3.05) is 0 Å². The minimum absolute atomic E-state index is 0.274. The Morgan fingerprint density at radius 2 is 1.85 bits per heavy atom. The molecule has 0 saturated carbocycles. The number of nitrogens with zero attached hydrogens (tertiary/aromatic N) is 4. The van der Waals surface area contributed by atoms with Crippen molar-refractivity contribution in [3.8, 4) is 0 Å². The first kappa shape index (κ1) is 14.8. The van der Waals surface area contributed by atoms with Crippen LogP contribution >= 0.6 is 0 Å². The SMILES string of the molecule is Cc1nn(C)c(C)c1CCC(O)CCc1ccnn1C. The van der Waals surface area contributed by atoms with Gasteiger partial charge in [-0.15, -0.1) is 0 Å². The van der Waals surface area contributed by atoms with Crippen LogP contribution in [-0.4, -0.2) is 30.8 Å². The molecule has 2 aromatic heterocycles. The van der Waals surface area contributed by atoms with Crippen molar-refractivity contribution < 1.29 is 5.11 Å². The van der Waals surface area contributed by atoms with Gasteiger partial charge in [-0.3, -0.25) is 9.36 Å². The fourth-order valence-electron chi connectivity index (χ4n) is 2.60. The van der Waals surface area contributed by atoms with Crippen LogP contribution in [0.2, 0.25) is 0 Å². The maximum Gasteiger partial charge on any atom is 0.0628 e. The van der Waals surface area contributed by atoms with Crippen molar-refractivity contribution in [2.24, 2.45) is 14.1 Å². The van der Waals surface area contributed by atoms with Crippen molar-refractivity contribution >= 4 is 0 Å². The zero-order chi connectivity index (χ0) is 14.7. The van der Waals surface area contributed by atoms with Gasteiger partial charge in [0.1, 0.15) is 0 Å². The van der Waals surface area contributed by atoms with Crippen molar-refractivity contribution in [2.45, 2.75) is 45.6 Å². The quantitative estimate of drug-likeness (QED) is 0.873. The van der Waals surface area contributed by atoms with Gasteiger partial charge in [0.15, 0.2) is 0 Å². The van der Waals surface area contributed by atoms with Crippen LogP contribution < -0.4 is 0 Å². The zero-order valence-corrected chi connectivity index (χ0v) is 12.8. The smallest absolute Gasteiger partial charge is 0.0628 e. The van der Waals surface area contributed by atoms with E-state index < -0.39 is 0 Å².